The van der Waals surface area contributed by atoms with Gasteiger partial charge in [-0.05, 0) is 37.1 Å². The first-order valence-electron chi connectivity index (χ1n) is 8.56. The summed E-state index contributed by atoms with van der Waals surface area (Å²) in [6.45, 7) is 2.37. The van der Waals surface area contributed by atoms with Gasteiger partial charge in [-0.3, -0.25) is 9.59 Å². The van der Waals surface area contributed by atoms with E-state index in [-0.39, 0.29) is 43.0 Å². The Bertz CT molecular complexity index is 726. The van der Waals surface area contributed by atoms with Crippen LogP contribution in [0.1, 0.15) is 23.2 Å². The number of benzene rings is 1. The number of sulfone groups is 1. The van der Waals surface area contributed by atoms with Gasteiger partial charge in [0.25, 0.3) is 5.91 Å². The molecule has 0 atom stereocenters. The highest BCUT2D eigenvalue weighted by Crippen LogP contribution is 2.20. The molecule has 25 heavy (non-hydrogen) atoms. The molecule has 0 unspecified atom stereocenters. The maximum absolute atomic E-state index is 12.2. The van der Waals surface area contributed by atoms with Crippen LogP contribution in [0, 0.1) is 0 Å². The minimum Gasteiger partial charge on any atom is -0.372 e. The second kappa shape index (κ2) is 7.43. The topological polar surface area (TPSA) is 86.8 Å². The first-order chi connectivity index (χ1) is 11.9. The molecule has 1 aromatic rings. The van der Waals surface area contributed by atoms with Gasteiger partial charge >= 0.3 is 0 Å². The Morgan fingerprint density at radius 3 is 2.16 bits per heavy atom. The molecule has 136 valence electrons. The molecule has 2 aliphatic rings. The van der Waals surface area contributed by atoms with Gasteiger partial charge in [0.2, 0.25) is 5.91 Å². The van der Waals surface area contributed by atoms with Crippen molar-refractivity contribution < 1.29 is 18.0 Å². The molecule has 0 spiro atoms. The first kappa shape index (κ1) is 17.7. The van der Waals surface area contributed by atoms with Gasteiger partial charge in [-0.15, -0.1) is 0 Å². The van der Waals surface area contributed by atoms with E-state index in [1.165, 1.54) is 17.7 Å². The zero-order valence-electron chi connectivity index (χ0n) is 14.1. The summed E-state index contributed by atoms with van der Waals surface area (Å²) in [5.41, 5.74) is 1.62. The molecule has 2 amide bonds. The molecule has 0 bridgehead atoms. The van der Waals surface area contributed by atoms with Crippen molar-refractivity contribution in [1.82, 2.24) is 10.2 Å². The van der Waals surface area contributed by atoms with Gasteiger partial charge < -0.3 is 15.1 Å². The standard InChI is InChI=1S/C17H23N3O4S/c21-16(20-9-11-25(23,24)12-10-20)13-18-17(22)14-3-5-15(6-4-14)19-7-1-2-8-19/h3-6H,1-2,7-13H2,(H,18,22). The predicted octanol–water partition coefficient (Wildman–Crippen LogP) is 0.274. The zero-order valence-corrected chi connectivity index (χ0v) is 14.9. The molecular formula is C17H23N3O4S. The normalized spacial score (nSPS) is 19.7. The van der Waals surface area contributed by atoms with E-state index in [0.717, 1.165) is 18.8 Å². The average Bonchev–Trinajstić information content (AvgIpc) is 3.14. The van der Waals surface area contributed by atoms with Crippen molar-refractivity contribution in [3.63, 3.8) is 0 Å². The summed E-state index contributed by atoms with van der Waals surface area (Å²) >= 11 is 0. The van der Waals surface area contributed by atoms with Crippen LogP contribution in [-0.2, 0) is 14.6 Å². The summed E-state index contributed by atoms with van der Waals surface area (Å²) in [7, 11) is -3.02. The van der Waals surface area contributed by atoms with E-state index in [0.29, 0.717) is 5.56 Å². The molecule has 2 fully saturated rings. The number of amides is 2. The van der Waals surface area contributed by atoms with Crippen molar-refractivity contribution in [2.45, 2.75) is 12.8 Å². The van der Waals surface area contributed by atoms with E-state index in [2.05, 4.69) is 10.2 Å². The molecule has 1 aromatic carbocycles. The van der Waals surface area contributed by atoms with Crippen molar-refractivity contribution in [3.8, 4) is 0 Å². The second-order valence-electron chi connectivity index (χ2n) is 6.46. The summed E-state index contributed by atoms with van der Waals surface area (Å²) in [6.07, 6.45) is 2.39. The minimum absolute atomic E-state index is 0.00928. The number of hydrogen-bond acceptors (Lipinski definition) is 5. The maximum atomic E-state index is 12.2. The molecule has 0 aliphatic carbocycles. The molecule has 2 saturated heterocycles. The number of carbonyl (C=O) groups is 2. The van der Waals surface area contributed by atoms with E-state index in [1.807, 2.05) is 12.1 Å². The van der Waals surface area contributed by atoms with Crippen molar-refractivity contribution in [2.24, 2.45) is 0 Å². The molecular weight excluding hydrogens is 342 g/mol. The van der Waals surface area contributed by atoms with Crippen molar-refractivity contribution >= 4 is 27.3 Å². The van der Waals surface area contributed by atoms with Gasteiger partial charge in [0.15, 0.2) is 9.84 Å². The Kier molecular flexibility index (Phi) is 5.27. The van der Waals surface area contributed by atoms with Crippen molar-refractivity contribution in [3.05, 3.63) is 29.8 Å². The lowest BCUT2D eigenvalue weighted by atomic mass is 10.2. The average molecular weight is 365 g/mol. The highest BCUT2D eigenvalue weighted by Gasteiger charge is 2.25. The largest absolute Gasteiger partial charge is 0.372 e. The van der Waals surface area contributed by atoms with Crippen LogP contribution >= 0.6 is 0 Å². The Labute approximate surface area is 147 Å². The van der Waals surface area contributed by atoms with Crippen molar-refractivity contribution in [1.29, 1.82) is 0 Å². The van der Waals surface area contributed by atoms with Crippen LogP contribution in [0.2, 0.25) is 0 Å². The lowest BCUT2D eigenvalue weighted by Gasteiger charge is -2.26. The maximum Gasteiger partial charge on any atom is 0.251 e. The van der Waals surface area contributed by atoms with Crippen LogP contribution in [-0.4, -0.2) is 69.4 Å². The first-order valence-corrected chi connectivity index (χ1v) is 10.4. The fourth-order valence-electron chi connectivity index (χ4n) is 3.13. The van der Waals surface area contributed by atoms with Crippen LogP contribution in [0.5, 0.6) is 0 Å². The molecule has 2 aliphatic heterocycles. The van der Waals surface area contributed by atoms with Crippen LogP contribution in [0.15, 0.2) is 24.3 Å². The van der Waals surface area contributed by atoms with E-state index in [4.69, 9.17) is 0 Å². The number of hydrogen-bond donors (Lipinski definition) is 1. The third-order valence-corrected chi connectivity index (χ3v) is 6.31. The summed E-state index contributed by atoms with van der Waals surface area (Å²) < 4.78 is 22.8. The fraction of sp³-hybridized carbons (Fsp3) is 0.529. The lowest BCUT2D eigenvalue weighted by molar-refractivity contribution is -0.129. The molecule has 8 heteroatoms. The van der Waals surface area contributed by atoms with Crippen molar-refractivity contribution in [2.75, 3.05) is 49.1 Å². The number of nitrogens with one attached hydrogen (secondary N) is 1. The van der Waals surface area contributed by atoms with Crippen LogP contribution < -0.4 is 10.2 Å². The number of rotatable bonds is 4. The zero-order chi connectivity index (χ0) is 17.9. The molecule has 0 saturated carbocycles. The van der Waals surface area contributed by atoms with Crippen LogP contribution in [0.25, 0.3) is 0 Å². The molecule has 7 nitrogen and oxygen atoms in total. The Morgan fingerprint density at radius 2 is 1.56 bits per heavy atom. The third-order valence-electron chi connectivity index (χ3n) is 4.70. The summed E-state index contributed by atoms with van der Waals surface area (Å²) in [6, 6.07) is 7.39. The lowest BCUT2D eigenvalue weighted by Crippen LogP contribution is -2.47. The van der Waals surface area contributed by atoms with Crippen LogP contribution in [0.3, 0.4) is 0 Å². The fourth-order valence-corrected chi connectivity index (χ4v) is 4.33. The Balaban J connectivity index is 1.49. The summed E-state index contributed by atoms with van der Waals surface area (Å²) in [4.78, 5) is 28.0. The molecule has 0 radical (unpaired) electrons. The third kappa shape index (κ3) is 4.50. The quantitative estimate of drug-likeness (QED) is 0.828. The van der Waals surface area contributed by atoms with E-state index in [9.17, 15) is 18.0 Å². The van der Waals surface area contributed by atoms with Gasteiger partial charge in [-0.25, -0.2) is 8.42 Å². The highest BCUT2D eigenvalue weighted by atomic mass is 32.2. The predicted molar refractivity (Wildman–Crippen MR) is 95.5 cm³/mol. The smallest absolute Gasteiger partial charge is 0.251 e. The van der Waals surface area contributed by atoms with E-state index in [1.54, 1.807) is 12.1 Å². The van der Waals surface area contributed by atoms with Gasteiger partial charge in [0, 0.05) is 37.4 Å². The number of anilines is 1. The van der Waals surface area contributed by atoms with Gasteiger partial charge in [-0.1, -0.05) is 0 Å². The minimum atomic E-state index is -3.02. The Hall–Kier alpha value is -2.09. The number of nitrogens with zero attached hydrogens (tertiary/aromatic N) is 2. The second-order valence-corrected chi connectivity index (χ2v) is 8.76. The van der Waals surface area contributed by atoms with Crippen LogP contribution in [0.4, 0.5) is 5.69 Å². The summed E-state index contributed by atoms with van der Waals surface area (Å²) in [5, 5.41) is 2.61. The monoisotopic (exact) mass is 365 g/mol. The number of carbonyl (C=O) groups excluding carboxylic acids is 2. The Morgan fingerprint density at radius 1 is 0.960 bits per heavy atom. The highest BCUT2D eigenvalue weighted by molar-refractivity contribution is 7.91. The molecule has 2 heterocycles. The van der Waals surface area contributed by atoms with Gasteiger partial charge in [-0.2, -0.15) is 0 Å². The molecule has 3 rings (SSSR count). The molecule has 0 aromatic heterocycles. The summed E-state index contributed by atoms with van der Waals surface area (Å²) in [5.74, 6) is -0.571. The van der Waals surface area contributed by atoms with E-state index >= 15 is 0 Å². The molecule has 1 N–H and O–H groups in total. The van der Waals surface area contributed by atoms with E-state index < -0.39 is 9.84 Å². The SMILES string of the molecule is O=C(NCC(=O)N1CCS(=O)(=O)CC1)c1ccc(N2CCCC2)cc1. The van der Waals surface area contributed by atoms with Gasteiger partial charge in [0.05, 0.1) is 18.1 Å². The van der Waals surface area contributed by atoms with Gasteiger partial charge in [0.1, 0.15) is 0 Å².